The summed E-state index contributed by atoms with van der Waals surface area (Å²) in [5.41, 5.74) is 5.49. The van der Waals surface area contributed by atoms with Gasteiger partial charge in [-0.25, -0.2) is 0 Å². The highest BCUT2D eigenvalue weighted by Gasteiger charge is 2.32. The summed E-state index contributed by atoms with van der Waals surface area (Å²) in [5.74, 6) is -0.474. The number of nitrogens with zero attached hydrogens (tertiary/aromatic N) is 1. The lowest BCUT2D eigenvalue weighted by Gasteiger charge is -2.37. The van der Waals surface area contributed by atoms with Crippen LogP contribution in [0.3, 0.4) is 0 Å². The maximum absolute atomic E-state index is 11.7. The topological polar surface area (TPSA) is 63.4 Å². The largest absolute Gasteiger partial charge is 0.366 e. The van der Waals surface area contributed by atoms with Crippen LogP contribution in [0, 0.1) is 5.92 Å². The Morgan fingerprint density at radius 2 is 2.07 bits per heavy atom. The van der Waals surface area contributed by atoms with Crippen LogP contribution in [0.25, 0.3) is 0 Å². The number of rotatable bonds is 1. The van der Waals surface area contributed by atoms with Crippen molar-refractivity contribution in [1.82, 2.24) is 4.90 Å². The van der Waals surface area contributed by atoms with Crippen LogP contribution in [0.4, 0.5) is 0 Å². The summed E-state index contributed by atoms with van der Waals surface area (Å²) in [5, 5.41) is 0. The minimum atomic E-state index is -0.441. The molecule has 0 aromatic heterocycles. The highest BCUT2D eigenvalue weighted by atomic mass is 16.2. The molecule has 1 aliphatic heterocycles. The van der Waals surface area contributed by atoms with Crippen molar-refractivity contribution < 1.29 is 9.59 Å². The van der Waals surface area contributed by atoms with Crippen molar-refractivity contribution >= 4 is 11.8 Å². The molecule has 1 heterocycles. The fourth-order valence-electron chi connectivity index (χ4n) is 1.68. The van der Waals surface area contributed by atoms with Crippen molar-refractivity contribution in [1.29, 1.82) is 0 Å². The van der Waals surface area contributed by atoms with E-state index in [-0.39, 0.29) is 17.4 Å². The van der Waals surface area contributed by atoms with Crippen molar-refractivity contribution in [2.24, 2.45) is 11.7 Å². The van der Waals surface area contributed by atoms with E-state index < -0.39 is 5.91 Å². The molecule has 15 heavy (non-hydrogen) atoms. The van der Waals surface area contributed by atoms with Gasteiger partial charge in [0.05, 0.1) is 0 Å². The maximum Gasteiger partial charge on any atom is 0.246 e. The van der Waals surface area contributed by atoms with Crippen LogP contribution in [0.5, 0.6) is 0 Å². The molecule has 2 N–H and O–H groups in total. The molecule has 1 unspecified atom stereocenters. The molecule has 4 nitrogen and oxygen atoms in total. The normalized spacial score (nSPS) is 22.7. The zero-order valence-corrected chi connectivity index (χ0v) is 9.70. The quantitative estimate of drug-likeness (QED) is 0.702. The molecule has 0 saturated carbocycles. The predicted molar refractivity (Wildman–Crippen MR) is 57.7 cm³/mol. The van der Waals surface area contributed by atoms with Gasteiger partial charge in [0.15, 0.2) is 0 Å². The van der Waals surface area contributed by atoms with E-state index in [9.17, 15) is 9.59 Å². The number of hydrogen-bond donors (Lipinski definition) is 1. The highest BCUT2D eigenvalue weighted by molar-refractivity contribution is 5.95. The molecule has 0 aromatic rings. The van der Waals surface area contributed by atoms with Gasteiger partial charge in [0.25, 0.3) is 0 Å². The van der Waals surface area contributed by atoms with Gasteiger partial charge in [0.1, 0.15) is 0 Å². The van der Waals surface area contributed by atoms with Crippen molar-refractivity contribution in [2.75, 3.05) is 0 Å². The SMILES string of the molecule is CC1CC(=O)N(C(C)(C)C)C=C1C(N)=O. The van der Waals surface area contributed by atoms with E-state index in [1.165, 1.54) is 0 Å². The van der Waals surface area contributed by atoms with Gasteiger partial charge in [0.2, 0.25) is 11.8 Å². The molecule has 0 aliphatic carbocycles. The number of primary amides is 1. The molecular weight excluding hydrogens is 192 g/mol. The van der Waals surface area contributed by atoms with Crippen LogP contribution in [0.2, 0.25) is 0 Å². The number of carbonyl (C=O) groups is 2. The Kier molecular flexibility index (Phi) is 2.88. The summed E-state index contributed by atoms with van der Waals surface area (Å²) in [4.78, 5) is 24.5. The summed E-state index contributed by atoms with van der Waals surface area (Å²) in [7, 11) is 0. The smallest absolute Gasteiger partial charge is 0.246 e. The van der Waals surface area contributed by atoms with Crippen LogP contribution in [-0.4, -0.2) is 22.3 Å². The van der Waals surface area contributed by atoms with E-state index in [1.807, 2.05) is 27.7 Å². The third-order valence-electron chi connectivity index (χ3n) is 2.56. The second-order valence-electron chi connectivity index (χ2n) is 4.99. The van der Waals surface area contributed by atoms with Crippen LogP contribution < -0.4 is 5.73 Å². The monoisotopic (exact) mass is 210 g/mol. The van der Waals surface area contributed by atoms with Crippen LogP contribution >= 0.6 is 0 Å². The predicted octanol–water partition coefficient (Wildman–Crippen LogP) is 1.02. The van der Waals surface area contributed by atoms with E-state index >= 15 is 0 Å². The summed E-state index contributed by atoms with van der Waals surface area (Å²) in [6, 6.07) is 0. The highest BCUT2D eigenvalue weighted by Crippen LogP contribution is 2.27. The molecule has 0 saturated heterocycles. The van der Waals surface area contributed by atoms with Gasteiger partial charge in [0, 0.05) is 23.7 Å². The fraction of sp³-hybridized carbons (Fsp3) is 0.636. The van der Waals surface area contributed by atoms with Crippen molar-refractivity contribution in [3.05, 3.63) is 11.8 Å². The third kappa shape index (κ3) is 2.37. The first-order valence-corrected chi connectivity index (χ1v) is 5.07. The lowest BCUT2D eigenvalue weighted by Crippen LogP contribution is -2.46. The third-order valence-corrected chi connectivity index (χ3v) is 2.56. The van der Waals surface area contributed by atoms with Gasteiger partial charge in [-0.05, 0) is 26.7 Å². The fourth-order valence-corrected chi connectivity index (χ4v) is 1.68. The molecule has 1 aliphatic rings. The first kappa shape index (κ1) is 11.8. The van der Waals surface area contributed by atoms with Gasteiger partial charge in [-0.3, -0.25) is 9.59 Å². The second-order valence-corrected chi connectivity index (χ2v) is 4.99. The minimum absolute atomic E-state index is 0.0417. The number of carbonyl (C=O) groups excluding carboxylic acids is 2. The van der Waals surface area contributed by atoms with E-state index in [0.29, 0.717) is 12.0 Å². The number of nitrogens with two attached hydrogens (primary N) is 1. The van der Waals surface area contributed by atoms with Crippen LogP contribution in [0.15, 0.2) is 11.8 Å². The van der Waals surface area contributed by atoms with Crippen molar-refractivity contribution in [3.63, 3.8) is 0 Å². The lowest BCUT2D eigenvalue weighted by atomic mass is 9.91. The molecule has 1 atom stereocenters. The molecule has 0 spiro atoms. The average molecular weight is 210 g/mol. The Morgan fingerprint density at radius 3 is 2.47 bits per heavy atom. The summed E-state index contributed by atoms with van der Waals surface area (Å²) in [6.45, 7) is 7.62. The molecule has 4 heteroatoms. The molecule has 0 aromatic carbocycles. The Bertz CT molecular complexity index is 326. The summed E-state index contributed by atoms with van der Waals surface area (Å²) >= 11 is 0. The van der Waals surface area contributed by atoms with Gasteiger partial charge in [-0.2, -0.15) is 0 Å². The van der Waals surface area contributed by atoms with Crippen LogP contribution in [0.1, 0.15) is 34.1 Å². The number of amides is 2. The first-order valence-electron chi connectivity index (χ1n) is 5.07. The Labute approximate surface area is 90.1 Å². The molecule has 0 bridgehead atoms. The van der Waals surface area contributed by atoms with Gasteiger partial charge in [-0.1, -0.05) is 6.92 Å². The first-order chi connectivity index (χ1) is 6.73. The molecule has 0 fully saturated rings. The zero-order valence-electron chi connectivity index (χ0n) is 9.70. The van der Waals surface area contributed by atoms with E-state index in [2.05, 4.69) is 0 Å². The van der Waals surface area contributed by atoms with Gasteiger partial charge < -0.3 is 10.6 Å². The lowest BCUT2D eigenvalue weighted by molar-refractivity contribution is -0.134. The molecule has 0 radical (unpaired) electrons. The van der Waals surface area contributed by atoms with Crippen LogP contribution in [-0.2, 0) is 9.59 Å². The maximum atomic E-state index is 11.7. The minimum Gasteiger partial charge on any atom is -0.366 e. The van der Waals surface area contributed by atoms with Gasteiger partial charge in [-0.15, -0.1) is 0 Å². The van der Waals surface area contributed by atoms with E-state index in [0.717, 1.165) is 0 Å². The molecule has 1 rings (SSSR count). The molecular formula is C11H18N2O2. The van der Waals surface area contributed by atoms with E-state index in [4.69, 9.17) is 5.73 Å². The second kappa shape index (κ2) is 3.68. The van der Waals surface area contributed by atoms with Crippen molar-refractivity contribution in [3.8, 4) is 0 Å². The Morgan fingerprint density at radius 1 is 1.53 bits per heavy atom. The molecule has 84 valence electrons. The van der Waals surface area contributed by atoms with E-state index in [1.54, 1.807) is 11.1 Å². The summed E-state index contributed by atoms with van der Waals surface area (Å²) < 4.78 is 0. The number of hydrogen-bond acceptors (Lipinski definition) is 2. The standard InChI is InChI=1S/C11H18N2O2/c1-7-5-9(14)13(11(2,3)4)6-8(7)10(12)15/h6-7H,5H2,1-4H3,(H2,12,15). The average Bonchev–Trinajstić information content (AvgIpc) is 2.00. The molecule has 2 amide bonds. The van der Waals surface area contributed by atoms with Gasteiger partial charge >= 0.3 is 0 Å². The zero-order chi connectivity index (χ0) is 11.8. The Hall–Kier alpha value is -1.32. The summed E-state index contributed by atoms with van der Waals surface area (Å²) in [6.07, 6.45) is 1.95. The van der Waals surface area contributed by atoms with Crippen molar-refractivity contribution in [2.45, 2.75) is 39.7 Å². The Balaban J connectivity index is 3.09.